The van der Waals surface area contributed by atoms with E-state index in [9.17, 15) is 18.0 Å². The van der Waals surface area contributed by atoms with Crippen molar-refractivity contribution in [2.24, 2.45) is 11.1 Å². The molecule has 0 heterocycles. The number of esters is 1. The number of alkyl halides is 3. The van der Waals surface area contributed by atoms with E-state index in [0.29, 0.717) is 5.56 Å². The summed E-state index contributed by atoms with van der Waals surface area (Å²) in [6.07, 6.45) is -4.56. The highest BCUT2D eigenvalue weighted by Gasteiger charge is 2.36. The minimum absolute atomic E-state index is 0.00296. The molecule has 0 aromatic heterocycles. The largest absolute Gasteiger partial charge is 0.492 e. The maximum absolute atomic E-state index is 13.0. The van der Waals surface area contributed by atoms with Gasteiger partial charge in [-0.2, -0.15) is 13.2 Å². The van der Waals surface area contributed by atoms with Crippen molar-refractivity contribution < 1.29 is 27.4 Å². The van der Waals surface area contributed by atoms with E-state index in [1.165, 1.54) is 33.1 Å². The Hall–Kier alpha value is -1.76. The molecule has 2 N–H and O–H groups in total. The molecule has 0 radical (unpaired) electrons. The Morgan fingerprint density at radius 2 is 1.90 bits per heavy atom. The average molecular weight is 305 g/mol. The molecule has 7 heteroatoms. The number of ether oxygens (including phenoxy) is 2. The molecule has 0 aliphatic rings. The van der Waals surface area contributed by atoms with Gasteiger partial charge in [0.25, 0.3) is 0 Å². The van der Waals surface area contributed by atoms with E-state index in [1.807, 2.05) is 0 Å². The summed E-state index contributed by atoms with van der Waals surface area (Å²) in [7, 11) is 1.21. The number of benzene rings is 1. The Morgan fingerprint density at radius 1 is 1.29 bits per heavy atom. The second-order valence-corrected chi connectivity index (χ2v) is 5.20. The predicted molar refractivity (Wildman–Crippen MR) is 70.6 cm³/mol. The summed E-state index contributed by atoms with van der Waals surface area (Å²) in [6.45, 7) is 2.82. The fourth-order valence-electron chi connectivity index (χ4n) is 1.64. The molecule has 21 heavy (non-hydrogen) atoms. The molecule has 0 unspecified atom stereocenters. The van der Waals surface area contributed by atoms with Crippen LogP contribution < -0.4 is 10.5 Å². The van der Waals surface area contributed by atoms with Crippen LogP contribution in [0.25, 0.3) is 0 Å². The first kappa shape index (κ1) is 17.3. The van der Waals surface area contributed by atoms with Gasteiger partial charge in [-0.25, -0.2) is 0 Å². The van der Waals surface area contributed by atoms with Crippen molar-refractivity contribution in [2.75, 3.05) is 13.7 Å². The topological polar surface area (TPSA) is 61.5 Å². The van der Waals surface area contributed by atoms with Crippen molar-refractivity contribution in [3.63, 3.8) is 0 Å². The van der Waals surface area contributed by atoms with Crippen molar-refractivity contribution >= 4 is 5.97 Å². The van der Waals surface area contributed by atoms with Gasteiger partial charge in [-0.05, 0) is 31.5 Å². The van der Waals surface area contributed by atoms with E-state index in [1.54, 1.807) is 0 Å². The van der Waals surface area contributed by atoms with Gasteiger partial charge in [-0.1, -0.05) is 6.07 Å². The number of methoxy groups -OCH3 is 1. The van der Waals surface area contributed by atoms with Gasteiger partial charge in [0.1, 0.15) is 12.4 Å². The number of carbonyl (C=O) groups is 1. The van der Waals surface area contributed by atoms with Gasteiger partial charge in [0.2, 0.25) is 0 Å². The second kappa shape index (κ2) is 6.34. The molecule has 0 spiro atoms. The minimum Gasteiger partial charge on any atom is -0.492 e. The van der Waals surface area contributed by atoms with Gasteiger partial charge in [-0.15, -0.1) is 0 Å². The van der Waals surface area contributed by atoms with Crippen LogP contribution in [0.15, 0.2) is 18.2 Å². The molecule has 0 fully saturated rings. The lowest BCUT2D eigenvalue weighted by molar-refractivity contribution is -0.152. The third kappa shape index (κ3) is 4.35. The monoisotopic (exact) mass is 305 g/mol. The quantitative estimate of drug-likeness (QED) is 0.850. The Morgan fingerprint density at radius 3 is 2.38 bits per heavy atom. The van der Waals surface area contributed by atoms with Gasteiger partial charge in [0.15, 0.2) is 0 Å². The molecule has 0 bridgehead atoms. The van der Waals surface area contributed by atoms with Gasteiger partial charge < -0.3 is 15.2 Å². The number of nitrogens with two attached hydrogens (primary N) is 1. The summed E-state index contributed by atoms with van der Waals surface area (Å²) < 4.78 is 48.8. The minimum atomic E-state index is -4.56. The van der Waals surface area contributed by atoms with Crippen LogP contribution in [0.5, 0.6) is 5.75 Å². The first-order chi connectivity index (χ1) is 9.61. The van der Waals surface area contributed by atoms with Gasteiger partial charge in [0, 0.05) is 6.54 Å². The molecular formula is C14H18F3NO3. The number of hydrogen-bond acceptors (Lipinski definition) is 4. The maximum atomic E-state index is 13.0. The maximum Gasteiger partial charge on any atom is 0.419 e. The highest BCUT2D eigenvalue weighted by atomic mass is 19.4. The number of rotatable bonds is 5. The van der Waals surface area contributed by atoms with E-state index in [4.69, 9.17) is 10.5 Å². The SMILES string of the molecule is COC(=O)C(C)(C)COc1ccc(CN)cc1C(F)(F)F. The van der Waals surface area contributed by atoms with Crippen LogP contribution in [0.4, 0.5) is 13.2 Å². The van der Waals surface area contributed by atoms with Gasteiger partial charge >= 0.3 is 12.1 Å². The van der Waals surface area contributed by atoms with E-state index >= 15 is 0 Å². The smallest absolute Gasteiger partial charge is 0.419 e. The van der Waals surface area contributed by atoms with Crippen LogP contribution in [0.3, 0.4) is 0 Å². The summed E-state index contributed by atoms with van der Waals surface area (Å²) in [5, 5.41) is 0. The average Bonchev–Trinajstić information content (AvgIpc) is 2.43. The summed E-state index contributed by atoms with van der Waals surface area (Å²) in [6, 6.07) is 3.61. The third-order valence-corrected chi connectivity index (χ3v) is 2.91. The number of carbonyl (C=O) groups excluding carboxylic acids is 1. The molecule has 1 rings (SSSR count). The zero-order chi connectivity index (χ0) is 16.3. The van der Waals surface area contributed by atoms with Crippen LogP contribution in [-0.4, -0.2) is 19.7 Å². The fourth-order valence-corrected chi connectivity index (χ4v) is 1.64. The lowest BCUT2D eigenvalue weighted by atomic mass is 9.95. The normalized spacial score (nSPS) is 12.1. The van der Waals surface area contributed by atoms with E-state index in [-0.39, 0.29) is 18.9 Å². The number of halogens is 3. The Labute approximate surface area is 121 Å². The first-order valence-corrected chi connectivity index (χ1v) is 6.23. The number of hydrogen-bond donors (Lipinski definition) is 1. The summed E-state index contributed by atoms with van der Waals surface area (Å²) in [4.78, 5) is 11.5. The lowest BCUT2D eigenvalue weighted by Crippen LogP contribution is -2.32. The standard InChI is InChI=1S/C14H18F3NO3/c1-13(2,12(19)20-3)8-21-11-5-4-9(7-18)6-10(11)14(15,16)17/h4-6H,7-8,18H2,1-3H3. The molecule has 0 saturated carbocycles. The highest BCUT2D eigenvalue weighted by molar-refractivity contribution is 5.75. The van der Waals surface area contributed by atoms with E-state index < -0.39 is 23.1 Å². The zero-order valence-corrected chi connectivity index (χ0v) is 12.1. The Kier molecular flexibility index (Phi) is 5.22. The van der Waals surface area contributed by atoms with Crippen LogP contribution in [-0.2, 0) is 22.3 Å². The van der Waals surface area contributed by atoms with Crippen LogP contribution in [0.1, 0.15) is 25.0 Å². The van der Waals surface area contributed by atoms with Crippen molar-refractivity contribution in [1.29, 1.82) is 0 Å². The van der Waals surface area contributed by atoms with Crippen molar-refractivity contribution in [1.82, 2.24) is 0 Å². The zero-order valence-electron chi connectivity index (χ0n) is 12.1. The molecule has 118 valence electrons. The van der Waals surface area contributed by atoms with Gasteiger partial charge in [-0.3, -0.25) is 4.79 Å². The molecule has 1 aromatic carbocycles. The first-order valence-electron chi connectivity index (χ1n) is 6.23. The molecule has 0 amide bonds. The predicted octanol–water partition coefficient (Wildman–Crippen LogP) is 2.74. The summed E-state index contributed by atoms with van der Waals surface area (Å²) in [5.41, 5.74) is 3.73. The lowest BCUT2D eigenvalue weighted by Gasteiger charge is -2.23. The fraction of sp³-hybridized carbons (Fsp3) is 0.500. The van der Waals surface area contributed by atoms with Gasteiger partial charge in [0.05, 0.1) is 18.1 Å². The highest BCUT2D eigenvalue weighted by Crippen LogP contribution is 2.37. The van der Waals surface area contributed by atoms with Crippen molar-refractivity contribution in [2.45, 2.75) is 26.6 Å². The Balaban J connectivity index is 3.01. The van der Waals surface area contributed by atoms with Crippen LogP contribution >= 0.6 is 0 Å². The molecule has 0 saturated heterocycles. The summed E-state index contributed by atoms with van der Waals surface area (Å²) in [5.74, 6) is -0.897. The second-order valence-electron chi connectivity index (χ2n) is 5.20. The molecule has 0 atom stereocenters. The van der Waals surface area contributed by atoms with Crippen LogP contribution in [0, 0.1) is 5.41 Å². The molecule has 0 aliphatic carbocycles. The molecule has 1 aromatic rings. The van der Waals surface area contributed by atoms with Crippen molar-refractivity contribution in [3.05, 3.63) is 29.3 Å². The Bertz CT molecular complexity index is 513. The van der Waals surface area contributed by atoms with Crippen LogP contribution in [0.2, 0.25) is 0 Å². The summed E-state index contributed by atoms with van der Waals surface area (Å²) >= 11 is 0. The van der Waals surface area contributed by atoms with Crippen molar-refractivity contribution in [3.8, 4) is 5.75 Å². The molecule has 0 aliphatic heterocycles. The van der Waals surface area contributed by atoms with E-state index in [2.05, 4.69) is 4.74 Å². The third-order valence-electron chi connectivity index (χ3n) is 2.91. The van der Waals surface area contributed by atoms with E-state index in [0.717, 1.165) is 6.07 Å². The molecular weight excluding hydrogens is 287 g/mol. The molecule has 4 nitrogen and oxygen atoms in total.